The van der Waals surface area contributed by atoms with Crippen molar-refractivity contribution in [2.24, 2.45) is 0 Å². The van der Waals surface area contributed by atoms with Crippen LogP contribution in [0.15, 0.2) is 48.5 Å². The van der Waals surface area contributed by atoms with Crippen LogP contribution in [0.1, 0.15) is 11.7 Å². The topological polar surface area (TPSA) is 49.7 Å². The van der Waals surface area contributed by atoms with Gasteiger partial charge in [0, 0.05) is 5.02 Å². The van der Waals surface area contributed by atoms with Gasteiger partial charge in [-0.05, 0) is 42.0 Å². The Morgan fingerprint density at radius 3 is 2.50 bits per heavy atom. The summed E-state index contributed by atoms with van der Waals surface area (Å²) in [7, 11) is 0. The minimum Gasteiger partial charge on any atom is -0.508 e. The van der Waals surface area contributed by atoms with Crippen LogP contribution in [0.2, 0.25) is 5.02 Å². The molecule has 2 rings (SSSR count). The largest absolute Gasteiger partial charge is 0.508 e. The molecule has 1 atom stereocenters. The van der Waals surface area contributed by atoms with Crippen LogP contribution in [0.4, 0.5) is 0 Å². The van der Waals surface area contributed by atoms with Crippen molar-refractivity contribution in [3.05, 3.63) is 59.1 Å². The lowest BCUT2D eigenvalue weighted by molar-refractivity contribution is 0.108. The molecule has 0 aromatic heterocycles. The number of aliphatic hydroxyl groups is 1. The quantitative estimate of drug-likeness (QED) is 0.892. The van der Waals surface area contributed by atoms with Crippen LogP contribution < -0.4 is 4.74 Å². The molecule has 2 N–H and O–H groups in total. The van der Waals surface area contributed by atoms with Crippen LogP contribution in [0.25, 0.3) is 0 Å². The molecule has 0 heterocycles. The van der Waals surface area contributed by atoms with Crippen molar-refractivity contribution < 1.29 is 14.9 Å². The molecule has 18 heavy (non-hydrogen) atoms. The molecule has 0 aliphatic heterocycles. The van der Waals surface area contributed by atoms with E-state index in [1.54, 1.807) is 36.4 Å². The Morgan fingerprint density at radius 2 is 1.83 bits per heavy atom. The number of ether oxygens (including phenoxy) is 1. The smallest absolute Gasteiger partial charge is 0.119 e. The van der Waals surface area contributed by atoms with Crippen LogP contribution in [0, 0.1) is 0 Å². The summed E-state index contributed by atoms with van der Waals surface area (Å²) in [5.74, 6) is 0.770. The van der Waals surface area contributed by atoms with E-state index in [-0.39, 0.29) is 12.4 Å². The van der Waals surface area contributed by atoms with Crippen molar-refractivity contribution in [1.29, 1.82) is 0 Å². The summed E-state index contributed by atoms with van der Waals surface area (Å²) in [6.45, 7) is 0.130. The van der Waals surface area contributed by atoms with Crippen molar-refractivity contribution in [2.45, 2.75) is 6.10 Å². The summed E-state index contributed by atoms with van der Waals surface area (Å²) in [5, 5.41) is 19.6. The Balaban J connectivity index is 1.96. The lowest BCUT2D eigenvalue weighted by Crippen LogP contribution is -2.09. The van der Waals surface area contributed by atoms with E-state index in [4.69, 9.17) is 21.4 Å². The average molecular weight is 265 g/mol. The molecule has 0 fully saturated rings. The first-order valence-corrected chi connectivity index (χ1v) is 5.88. The monoisotopic (exact) mass is 264 g/mol. The van der Waals surface area contributed by atoms with E-state index in [9.17, 15) is 5.11 Å². The van der Waals surface area contributed by atoms with Crippen molar-refractivity contribution in [3.8, 4) is 11.5 Å². The predicted molar refractivity (Wildman–Crippen MR) is 70.0 cm³/mol. The number of halogens is 1. The molecule has 94 valence electrons. The Kier molecular flexibility index (Phi) is 4.07. The maximum Gasteiger partial charge on any atom is 0.119 e. The van der Waals surface area contributed by atoms with Crippen LogP contribution in [-0.4, -0.2) is 16.8 Å². The Bertz CT molecular complexity index is 511. The molecular formula is C14H13ClO3. The highest BCUT2D eigenvalue weighted by Crippen LogP contribution is 2.20. The van der Waals surface area contributed by atoms with E-state index < -0.39 is 6.10 Å². The number of hydrogen-bond donors (Lipinski definition) is 2. The van der Waals surface area contributed by atoms with Gasteiger partial charge in [0.1, 0.15) is 24.2 Å². The third-order valence-corrected chi connectivity index (χ3v) is 2.71. The Morgan fingerprint density at radius 1 is 1.11 bits per heavy atom. The third kappa shape index (κ3) is 3.39. The van der Waals surface area contributed by atoms with Gasteiger partial charge in [-0.1, -0.05) is 23.7 Å². The highest BCUT2D eigenvalue weighted by atomic mass is 35.5. The molecule has 3 nitrogen and oxygen atoms in total. The third-order valence-electron chi connectivity index (χ3n) is 2.48. The summed E-state index contributed by atoms with van der Waals surface area (Å²) in [4.78, 5) is 0. The molecule has 0 aliphatic carbocycles. The lowest BCUT2D eigenvalue weighted by atomic mass is 10.1. The second kappa shape index (κ2) is 5.76. The van der Waals surface area contributed by atoms with E-state index in [0.717, 1.165) is 0 Å². The van der Waals surface area contributed by atoms with Crippen molar-refractivity contribution in [3.63, 3.8) is 0 Å². The van der Waals surface area contributed by atoms with Crippen LogP contribution in [0.3, 0.4) is 0 Å². The van der Waals surface area contributed by atoms with E-state index >= 15 is 0 Å². The van der Waals surface area contributed by atoms with Crippen molar-refractivity contribution in [2.75, 3.05) is 6.61 Å². The maximum absolute atomic E-state index is 9.93. The van der Waals surface area contributed by atoms with Gasteiger partial charge in [0.2, 0.25) is 0 Å². The lowest BCUT2D eigenvalue weighted by Gasteiger charge is -2.13. The average Bonchev–Trinajstić information content (AvgIpc) is 2.38. The summed E-state index contributed by atoms with van der Waals surface area (Å²) in [6.07, 6.45) is -0.738. The van der Waals surface area contributed by atoms with Crippen molar-refractivity contribution in [1.82, 2.24) is 0 Å². The van der Waals surface area contributed by atoms with Gasteiger partial charge in [-0.2, -0.15) is 0 Å². The number of benzene rings is 2. The molecule has 1 unspecified atom stereocenters. The fourth-order valence-electron chi connectivity index (χ4n) is 1.53. The highest BCUT2D eigenvalue weighted by molar-refractivity contribution is 6.30. The van der Waals surface area contributed by atoms with Gasteiger partial charge >= 0.3 is 0 Å². The molecule has 2 aromatic rings. The first-order chi connectivity index (χ1) is 8.65. The zero-order chi connectivity index (χ0) is 13.0. The Hall–Kier alpha value is -1.71. The van der Waals surface area contributed by atoms with Gasteiger partial charge in [-0.25, -0.2) is 0 Å². The highest BCUT2D eigenvalue weighted by Gasteiger charge is 2.08. The molecule has 0 amide bonds. The van der Waals surface area contributed by atoms with Gasteiger partial charge in [-0.3, -0.25) is 0 Å². The molecule has 0 bridgehead atoms. The molecule has 0 saturated heterocycles. The number of phenols is 1. The van der Waals surface area contributed by atoms with E-state index in [1.807, 2.05) is 0 Å². The van der Waals surface area contributed by atoms with Crippen LogP contribution in [0.5, 0.6) is 11.5 Å². The Labute approximate surface area is 110 Å². The molecule has 0 aliphatic rings. The van der Waals surface area contributed by atoms with Gasteiger partial charge in [0.05, 0.1) is 0 Å². The number of hydrogen-bond acceptors (Lipinski definition) is 3. The fraction of sp³-hybridized carbons (Fsp3) is 0.143. The van der Waals surface area contributed by atoms with E-state index in [1.165, 1.54) is 12.1 Å². The normalized spacial score (nSPS) is 12.1. The van der Waals surface area contributed by atoms with E-state index in [2.05, 4.69) is 0 Å². The van der Waals surface area contributed by atoms with E-state index in [0.29, 0.717) is 16.3 Å². The minimum absolute atomic E-state index is 0.130. The first kappa shape index (κ1) is 12.7. The summed E-state index contributed by atoms with van der Waals surface area (Å²) < 4.78 is 5.41. The summed E-state index contributed by atoms with van der Waals surface area (Å²) in [5.41, 5.74) is 0.710. The van der Waals surface area contributed by atoms with Gasteiger partial charge in [-0.15, -0.1) is 0 Å². The molecule has 0 radical (unpaired) electrons. The second-order valence-electron chi connectivity index (χ2n) is 3.88. The standard InChI is InChI=1S/C14H13ClO3/c15-11-3-1-2-10(8-11)14(17)9-18-13-6-4-12(16)5-7-13/h1-8,14,16-17H,9H2. The number of aromatic hydroxyl groups is 1. The molecule has 2 aromatic carbocycles. The zero-order valence-corrected chi connectivity index (χ0v) is 10.3. The van der Waals surface area contributed by atoms with Crippen LogP contribution >= 0.6 is 11.6 Å². The molecule has 4 heteroatoms. The van der Waals surface area contributed by atoms with Crippen LogP contribution in [-0.2, 0) is 0 Å². The second-order valence-corrected chi connectivity index (χ2v) is 4.31. The molecule has 0 saturated carbocycles. The molecule has 0 spiro atoms. The van der Waals surface area contributed by atoms with Gasteiger partial charge in [0.15, 0.2) is 0 Å². The van der Waals surface area contributed by atoms with Crippen molar-refractivity contribution >= 4 is 11.6 Å². The number of phenolic OH excluding ortho intramolecular Hbond substituents is 1. The molecular weight excluding hydrogens is 252 g/mol. The maximum atomic E-state index is 9.93. The van der Waals surface area contributed by atoms with Gasteiger partial charge in [0.25, 0.3) is 0 Å². The number of aliphatic hydroxyl groups excluding tert-OH is 1. The first-order valence-electron chi connectivity index (χ1n) is 5.50. The summed E-state index contributed by atoms with van der Waals surface area (Å²) >= 11 is 5.84. The number of rotatable bonds is 4. The zero-order valence-electron chi connectivity index (χ0n) is 9.58. The minimum atomic E-state index is -0.738. The SMILES string of the molecule is Oc1ccc(OCC(O)c2cccc(Cl)c2)cc1. The predicted octanol–water partition coefficient (Wildman–Crippen LogP) is 3.16. The summed E-state index contributed by atoms with van der Waals surface area (Å²) in [6, 6.07) is 13.4. The van der Waals surface area contributed by atoms with Gasteiger partial charge < -0.3 is 14.9 Å². The fourth-order valence-corrected chi connectivity index (χ4v) is 1.73.